The fraction of sp³-hybridized carbons (Fsp3) is 0.320. The van der Waals surface area contributed by atoms with Gasteiger partial charge in [-0.05, 0) is 41.8 Å². The molecular weight excluding hydrogens is 421 g/mol. The van der Waals surface area contributed by atoms with E-state index >= 15 is 0 Å². The van der Waals surface area contributed by atoms with Crippen LogP contribution in [0, 0.1) is 5.82 Å². The Kier molecular flexibility index (Phi) is 6.28. The SMILES string of the molecule is O=C(CN1CCc2ccccc2C1)N1CCO[C@@H](c2cccc(Nc3ccc(F)cn3)n2)C1. The lowest BCUT2D eigenvalue weighted by molar-refractivity contribution is -0.140. The molecule has 0 spiro atoms. The predicted molar refractivity (Wildman–Crippen MR) is 122 cm³/mol. The summed E-state index contributed by atoms with van der Waals surface area (Å²) < 4.78 is 19.0. The molecule has 0 radical (unpaired) electrons. The summed E-state index contributed by atoms with van der Waals surface area (Å²) in [4.78, 5) is 25.8. The molecule has 1 amide bonds. The van der Waals surface area contributed by atoms with Gasteiger partial charge in [-0.2, -0.15) is 0 Å². The first-order valence-electron chi connectivity index (χ1n) is 11.2. The molecule has 0 unspecified atom stereocenters. The van der Waals surface area contributed by atoms with Crippen LogP contribution in [0.25, 0.3) is 0 Å². The molecule has 5 rings (SSSR count). The van der Waals surface area contributed by atoms with Crippen molar-refractivity contribution in [1.29, 1.82) is 0 Å². The van der Waals surface area contributed by atoms with E-state index in [4.69, 9.17) is 4.74 Å². The molecule has 8 heteroatoms. The third kappa shape index (κ3) is 5.18. The molecule has 2 aliphatic rings. The highest BCUT2D eigenvalue weighted by molar-refractivity contribution is 5.78. The number of aromatic nitrogens is 2. The number of carbonyl (C=O) groups excluding carboxylic acids is 1. The zero-order valence-corrected chi connectivity index (χ0v) is 18.3. The van der Waals surface area contributed by atoms with E-state index in [2.05, 4.69) is 44.5 Å². The minimum atomic E-state index is -0.392. The Balaban J connectivity index is 1.21. The molecule has 0 bridgehead atoms. The summed E-state index contributed by atoms with van der Waals surface area (Å²) >= 11 is 0. The van der Waals surface area contributed by atoms with Crippen molar-refractivity contribution >= 4 is 17.5 Å². The zero-order valence-electron chi connectivity index (χ0n) is 18.3. The van der Waals surface area contributed by atoms with Gasteiger partial charge in [-0.15, -0.1) is 0 Å². The van der Waals surface area contributed by atoms with Crippen molar-refractivity contribution in [3.8, 4) is 0 Å². The topological polar surface area (TPSA) is 70.6 Å². The first-order valence-corrected chi connectivity index (χ1v) is 11.2. The number of rotatable bonds is 5. The first-order chi connectivity index (χ1) is 16.1. The van der Waals surface area contributed by atoms with Gasteiger partial charge in [0.05, 0.1) is 31.6 Å². The molecule has 0 aliphatic carbocycles. The van der Waals surface area contributed by atoms with Gasteiger partial charge in [0.1, 0.15) is 23.6 Å². The molecule has 3 aromatic rings. The summed E-state index contributed by atoms with van der Waals surface area (Å²) in [7, 11) is 0. The highest BCUT2D eigenvalue weighted by atomic mass is 19.1. The van der Waals surface area contributed by atoms with Gasteiger partial charge in [0.2, 0.25) is 5.91 Å². The quantitative estimate of drug-likeness (QED) is 0.647. The second-order valence-electron chi connectivity index (χ2n) is 8.36. The van der Waals surface area contributed by atoms with Crippen molar-refractivity contribution < 1.29 is 13.9 Å². The minimum Gasteiger partial charge on any atom is -0.368 e. The van der Waals surface area contributed by atoms with Crippen LogP contribution in [-0.4, -0.2) is 58.5 Å². The van der Waals surface area contributed by atoms with Gasteiger partial charge in [-0.3, -0.25) is 9.69 Å². The number of nitrogens with zero attached hydrogens (tertiary/aromatic N) is 4. The van der Waals surface area contributed by atoms with Gasteiger partial charge in [0, 0.05) is 19.6 Å². The van der Waals surface area contributed by atoms with E-state index in [-0.39, 0.29) is 12.0 Å². The molecule has 0 saturated carbocycles. The fourth-order valence-electron chi connectivity index (χ4n) is 4.32. The average Bonchev–Trinajstić information content (AvgIpc) is 2.86. The highest BCUT2D eigenvalue weighted by Gasteiger charge is 2.28. The maximum absolute atomic E-state index is 13.1. The lowest BCUT2D eigenvalue weighted by Gasteiger charge is -2.35. The Morgan fingerprint density at radius 2 is 1.94 bits per heavy atom. The molecule has 170 valence electrons. The molecule has 4 heterocycles. The average molecular weight is 448 g/mol. The normalized spacial score (nSPS) is 18.6. The summed E-state index contributed by atoms with van der Waals surface area (Å²) in [6.45, 7) is 3.63. The summed E-state index contributed by atoms with van der Waals surface area (Å²) in [5, 5.41) is 3.08. The van der Waals surface area contributed by atoms with Gasteiger partial charge in [0.15, 0.2) is 0 Å². The van der Waals surface area contributed by atoms with Crippen molar-refractivity contribution in [3.05, 3.63) is 83.4 Å². The smallest absolute Gasteiger partial charge is 0.236 e. The predicted octanol–water partition coefficient (Wildman–Crippen LogP) is 3.32. The van der Waals surface area contributed by atoms with Gasteiger partial charge < -0.3 is 15.0 Å². The summed E-state index contributed by atoms with van der Waals surface area (Å²) in [6.07, 6.45) is 1.83. The summed E-state index contributed by atoms with van der Waals surface area (Å²) in [6, 6.07) is 16.9. The summed E-state index contributed by atoms with van der Waals surface area (Å²) in [5.41, 5.74) is 3.43. The molecule has 2 aliphatic heterocycles. The molecule has 33 heavy (non-hydrogen) atoms. The Bertz CT molecular complexity index is 1120. The van der Waals surface area contributed by atoms with Crippen molar-refractivity contribution in [2.75, 3.05) is 38.1 Å². The Morgan fingerprint density at radius 3 is 2.79 bits per heavy atom. The van der Waals surface area contributed by atoms with Gasteiger partial charge >= 0.3 is 0 Å². The number of fused-ring (bicyclic) bond motifs is 1. The van der Waals surface area contributed by atoms with Gasteiger partial charge in [0.25, 0.3) is 0 Å². The van der Waals surface area contributed by atoms with E-state index in [1.807, 2.05) is 23.1 Å². The molecule has 1 N–H and O–H groups in total. The van der Waals surface area contributed by atoms with Crippen LogP contribution in [0.3, 0.4) is 0 Å². The van der Waals surface area contributed by atoms with Crippen molar-refractivity contribution in [1.82, 2.24) is 19.8 Å². The Hall–Kier alpha value is -3.36. The molecule has 2 aromatic heterocycles. The third-order valence-corrected chi connectivity index (χ3v) is 6.07. The molecule has 1 fully saturated rings. The van der Waals surface area contributed by atoms with Crippen molar-refractivity contribution in [2.45, 2.75) is 19.1 Å². The number of nitrogens with one attached hydrogen (secondary N) is 1. The lowest BCUT2D eigenvalue weighted by Crippen LogP contribution is -2.47. The molecule has 1 aromatic carbocycles. The van der Waals surface area contributed by atoms with Crippen LogP contribution < -0.4 is 5.32 Å². The standard InChI is InChI=1S/C25H26FN5O2/c26-20-8-9-23(27-14-20)29-24-7-3-6-21(28-24)22-16-31(12-13-33-22)25(32)17-30-11-10-18-4-1-2-5-19(18)15-30/h1-9,14,22H,10-13,15-17H2,(H,27,28,29)/t22-/m1/s1. The van der Waals surface area contributed by atoms with E-state index in [0.29, 0.717) is 37.9 Å². The molecule has 7 nitrogen and oxygen atoms in total. The number of ether oxygens (including phenoxy) is 1. The number of hydrogen-bond donors (Lipinski definition) is 1. The number of amides is 1. The van der Waals surface area contributed by atoms with Crippen molar-refractivity contribution in [3.63, 3.8) is 0 Å². The largest absolute Gasteiger partial charge is 0.368 e. The van der Waals surface area contributed by atoms with Crippen LogP contribution in [0.2, 0.25) is 0 Å². The number of benzene rings is 1. The number of pyridine rings is 2. The number of halogens is 1. The van der Waals surface area contributed by atoms with Crippen molar-refractivity contribution in [2.24, 2.45) is 0 Å². The van der Waals surface area contributed by atoms with Gasteiger partial charge in [-0.1, -0.05) is 30.3 Å². The number of hydrogen-bond acceptors (Lipinski definition) is 6. The van der Waals surface area contributed by atoms with E-state index in [0.717, 1.165) is 31.4 Å². The highest BCUT2D eigenvalue weighted by Crippen LogP contribution is 2.24. The van der Waals surface area contributed by atoms with Crippen LogP contribution in [0.1, 0.15) is 22.9 Å². The zero-order chi connectivity index (χ0) is 22.6. The maximum atomic E-state index is 13.1. The van der Waals surface area contributed by atoms with E-state index in [9.17, 15) is 9.18 Å². The number of morpholine rings is 1. The van der Waals surface area contributed by atoms with Gasteiger partial charge in [-0.25, -0.2) is 14.4 Å². The second kappa shape index (κ2) is 9.64. The molecule has 1 atom stereocenters. The van der Waals surface area contributed by atoms with Crippen LogP contribution in [0.15, 0.2) is 60.8 Å². The number of anilines is 2. The first kappa shape index (κ1) is 21.5. The second-order valence-corrected chi connectivity index (χ2v) is 8.36. The lowest BCUT2D eigenvalue weighted by atomic mass is 10.00. The van der Waals surface area contributed by atoms with E-state index in [1.165, 1.54) is 17.2 Å². The van der Waals surface area contributed by atoms with E-state index < -0.39 is 5.82 Å². The fourth-order valence-corrected chi connectivity index (χ4v) is 4.32. The monoisotopic (exact) mass is 447 g/mol. The van der Waals surface area contributed by atoms with E-state index in [1.54, 1.807) is 6.07 Å². The molecular formula is C25H26FN5O2. The summed E-state index contributed by atoms with van der Waals surface area (Å²) in [5.74, 6) is 0.819. The maximum Gasteiger partial charge on any atom is 0.236 e. The third-order valence-electron chi connectivity index (χ3n) is 6.07. The van der Waals surface area contributed by atoms with Crippen LogP contribution in [0.4, 0.5) is 16.0 Å². The minimum absolute atomic E-state index is 0.118. The Labute approximate surface area is 192 Å². The number of carbonyl (C=O) groups is 1. The Morgan fingerprint density at radius 1 is 1.06 bits per heavy atom. The molecule has 1 saturated heterocycles. The van der Waals surface area contributed by atoms with Crippen LogP contribution in [0.5, 0.6) is 0 Å². The van der Waals surface area contributed by atoms with Crippen LogP contribution in [-0.2, 0) is 22.5 Å². The van der Waals surface area contributed by atoms with Crippen LogP contribution >= 0.6 is 0 Å².